The lowest BCUT2D eigenvalue weighted by molar-refractivity contribution is -0.265. The highest BCUT2D eigenvalue weighted by atomic mass is 16.8. The number of ether oxygens (including phenoxy) is 2. The molecule has 0 spiro atoms. The average molecular weight is 192 g/mol. The predicted molar refractivity (Wildman–Crippen MR) is 38.7 cm³/mol. The minimum Gasteiger partial charge on any atom is -0.393 e. The van der Waals surface area contributed by atoms with Crippen LogP contribution in [0.3, 0.4) is 0 Å². The van der Waals surface area contributed by atoms with E-state index in [-0.39, 0.29) is 6.61 Å². The molecule has 2 saturated heterocycles. The van der Waals surface area contributed by atoms with E-state index in [0.29, 0.717) is 0 Å². The molecular weight excluding hydrogens is 180 g/mol. The van der Waals surface area contributed by atoms with Gasteiger partial charge in [0.2, 0.25) is 0 Å². The van der Waals surface area contributed by atoms with Gasteiger partial charge < -0.3 is 29.9 Å². The van der Waals surface area contributed by atoms with Crippen LogP contribution in [-0.2, 0) is 9.47 Å². The lowest BCUT2D eigenvalue weighted by Crippen LogP contribution is -2.62. The van der Waals surface area contributed by atoms with Crippen LogP contribution in [0.5, 0.6) is 0 Å². The third-order valence-electron chi connectivity index (χ3n) is 2.60. The maximum absolute atomic E-state index is 9.51. The molecule has 5 atom stereocenters. The Balaban J connectivity index is 2.25. The first-order valence-electron chi connectivity index (χ1n) is 4.05. The Labute approximate surface area is 74.3 Å². The fraction of sp³-hybridized carbons (Fsp3) is 1.00. The molecule has 4 N–H and O–H groups in total. The first kappa shape index (κ1) is 9.32. The van der Waals surface area contributed by atoms with E-state index < -0.39 is 36.8 Å². The van der Waals surface area contributed by atoms with Crippen LogP contribution < -0.4 is 0 Å². The zero-order valence-corrected chi connectivity index (χ0v) is 6.83. The van der Waals surface area contributed by atoms with E-state index in [1.165, 1.54) is 0 Å². The summed E-state index contributed by atoms with van der Waals surface area (Å²) in [5.74, 6) is 0. The Morgan fingerprint density at radius 2 is 1.92 bits per heavy atom. The summed E-state index contributed by atoms with van der Waals surface area (Å²) in [5.41, 5.74) is -1.27. The van der Waals surface area contributed by atoms with Crippen LogP contribution in [-0.4, -0.2) is 63.8 Å². The van der Waals surface area contributed by atoms with Gasteiger partial charge in [-0.25, -0.2) is 0 Å². The second-order valence-electron chi connectivity index (χ2n) is 3.45. The van der Waals surface area contributed by atoms with E-state index in [9.17, 15) is 15.3 Å². The highest BCUT2D eigenvalue weighted by molar-refractivity contribution is 5.03. The first-order chi connectivity index (χ1) is 6.10. The Kier molecular flexibility index (Phi) is 2.06. The minimum atomic E-state index is -1.34. The van der Waals surface area contributed by atoms with E-state index in [4.69, 9.17) is 14.6 Å². The Morgan fingerprint density at radius 3 is 2.54 bits per heavy atom. The van der Waals surface area contributed by atoms with E-state index in [1.807, 2.05) is 0 Å². The zero-order chi connectivity index (χ0) is 9.64. The van der Waals surface area contributed by atoms with Crippen LogP contribution in [0.4, 0.5) is 0 Å². The van der Waals surface area contributed by atoms with Gasteiger partial charge in [0.05, 0.1) is 13.2 Å². The van der Waals surface area contributed by atoms with Crippen molar-refractivity contribution in [3.05, 3.63) is 0 Å². The zero-order valence-electron chi connectivity index (χ0n) is 6.83. The SMILES string of the molecule is OC[C@@]12COC(O1)[C@H](O)[C@@H](O)[C@H]2O. The van der Waals surface area contributed by atoms with Crippen molar-refractivity contribution in [2.45, 2.75) is 30.2 Å². The van der Waals surface area contributed by atoms with Crippen molar-refractivity contribution < 1.29 is 29.9 Å². The molecule has 2 aliphatic heterocycles. The molecule has 13 heavy (non-hydrogen) atoms. The Hall–Kier alpha value is -0.240. The molecule has 6 heteroatoms. The van der Waals surface area contributed by atoms with Crippen molar-refractivity contribution in [2.75, 3.05) is 13.2 Å². The quantitative estimate of drug-likeness (QED) is 0.358. The lowest BCUT2D eigenvalue weighted by Gasteiger charge is -2.39. The van der Waals surface area contributed by atoms with Crippen molar-refractivity contribution in [2.24, 2.45) is 0 Å². The van der Waals surface area contributed by atoms with Crippen LogP contribution in [0, 0.1) is 0 Å². The normalized spacial score (nSPS) is 55.4. The van der Waals surface area contributed by atoms with Crippen molar-refractivity contribution in [1.82, 2.24) is 0 Å². The van der Waals surface area contributed by atoms with Gasteiger partial charge in [0.1, 0.15) is 23.9 Å². The second kappa shape index (κ2) is 2.88. The summed E-state index contributed by atoms with van der Waals surface area (Å²) >= 11 is 0. The van der Waals surface area contributed by atoms with Gasteiger partial charge in [-0.05, 0) is 0 Å². The topological polar surface area (TPSA) is 99.4 Å². The molecule has 2 bridgehead atoms. The number of aliphatic hydroxyl groups is 4. The maximum atomic E-state index is 9.51. The van der Waals surface area contributed by atoms with E-state index in [0.717, 1.165) is 0 Å². The van der Waals surface area contributed by atoms with Gasteiger partial charge in [0.25, 0.3) is 0 Å². The maximum Gasteiger partial charge on any atom is 0.187 e. The standard InChI is InChI=1S/C7H12O6/c8-1-7-2-12-6(13-7)4(10)3(9)5(7)11/h3-6,8-11H,1-2H2/t3-,4-,5-,6?,7+/m1/s1. The molecule has 2 heterocycles. The van der Waals surface area contributed by atoms with Crippen molar-refractivity contribution in [3.63, 3.8) is 0 Å². The minimum absolute atomic E-state index is 0.0244. The van der Waals surface area contributed by atoms with Gasteiger partial charge in [-0.2, -0.15) is 0 Å². The summed E-state index contributed by atoms with van der Waals surface area (Å²) in [4.78, 5) is 0. The van der Waals surface area contributed by atoms with Gasteiger partial charge in [0, 0.05) is 0 Å². The molecule has 2 fully saturated rings. The predicted octanol–water partition coefficient (Wildman–Crippen LogP) is -2.81. The first-order valence-corrected chi connectivity index (χ1v) is 4.05. The second-order valence-corrected chi connectivity index (χ2v) is 3.45. The van der Waals surface area contributed by atoms with E-state index >= 15 is 0 Å². The smallest absolute Gasteiger partial charge is 0.187 e. The van der Waals surface area contributed by atoms with Crippen LogP contribution in [0.25, 0.3) is 0 Å². The average Bonchev–Trinajstić information content (AvgIpc) is 2.55. The van der Waals surface area contributed by atoms with Crippen molar-refractivity contribution in [1.29, 1.82) is 0 Å². The molecular formula is C7H12O6. The molecule has 0 saturated carbocycles. The van der Waals surface area contributed by atoms with Crippen LogP contribution in [0.2, 0.25) is 0 Å². The number of aliphatic hydroxyl groups excluding tert-OH is 4. The Bertz CT molecular complexity index is 209. The fourth-order valence-corrected chi connectivity index (χ4v) is 1.68. The summed E-state index contributed by atoms with van der Waals surface area (Å²) in [6.07, 6.45) is -4.89. The van der Waals surface area contributed by atoms with Gasteiger partial charge in [-0.1, -0.05) is 0 Å². The molecule has 2 aliphatic rings. The van der Waals surface area contributed by atoms with Gasteiger partial charge in [0.15, 0.2) is 6.29 Å². The molecule has 0 amide bonds. The summed E-state index contributed by atoms with van der Waals surface area (Å²) in [6.45, 7) is -0.474. The molecule has 6 nitrogen and oxygen atoms in total. The molecule has 0 aromatic carbocycles. The molecule has 2 rings (SSSR count). The van der Waals surface area contributed by atoms with E-state index in [1.54, 1.807) is 0 Å². The van der Waals surface area contributed by atoms with Crippen LogP contribution in [0.15, 0.2) is 0 Å². The monoisotopic (exact) mass is 192 g/mol. The molecule has 76 valence electrons. The molecule has 0 aromatic heterocycles. The number of hydrogen-bond acceptors (Lipinski definition) is 6. The summed E-state index contributed by atoms with van der Waals surface area (Å²) in [7, 11) is 0. The lowest BCUT2D eigenvalue weighted by atomic mass is 9.90. The third-order valence-corrected chi connectivity index (χ3v) is 2.60. The van der Waals surface area contributed by atoms with E-state index in [2.05, 4.69) is 0 Å². The number of fused-ring (bicyclic) bond motifs is 2. The molecule has 0 radical (unpaired) electrons. The van der Waals surface area contributed by atoms with Gasteiger partial charge in [-0.3, -0.25) is 0 Å². The summed E-state index contributed by atoms with van der Waals surface area (Å²) < 4.78 is 10.1. The Morgan fingerprint density at radius 1 is 1.23 bits per heavy atom. The van der Waals surface area contributed by atoms with Crippen molar-refractivity contribution in [3.8, 4) is 0 Å². The largest absolute Gasteiger partial charge is 0.393 e. The number of hydrogen-bond donors (Lipinski definition) is 4. The molecule has 0 aromatic rings. The molecule has 1 unspecified atom stereocenters. The molecule has 0 aliphatic carbocycles. The highest BCUT2D eigenvalue weighted by Gasteiger charge is 2.58. The summed E-state index contributed by atoms with van der Waals surface area (Å²) in [6, 6.07) is 0. The van der Waals surface area contributed by atoms with Gasteiger partial charge in [-0.15, -0.1) is 0 Å². The van der Waals surface area contributed by atoms with Crippen molar-refractivity contribution >= 4 is 0 Å². The van der Waals surface area contributed by atoms with Crippen LogP contribution >= 0.6 is 0 Å². The van der Waals surface area contributed by atoms with Gasteiger partial charge >= 0.3 is 0 Å². The number of rotatable bonds is 1. The third kappa shape index (κ3) is 1.11. The highest BCUT2D eigenvalue weighted by Crippen LogP contribution is 2.36. The van der Waals surface area contributed by atoms with Crippen LogP contribution in [0.1, 0.15) is 0 Å². The summed E-state index contributed by atoms with van der Waals surface area (Å²) in [5, 5.41) is 37.2. The fourth-order valence-electron chi connectivity index (χ4n) is 1.68.